The van der Waals surface area contributed by atoms with Crippen molar-refractivity contribution in [3.05, 3.63) is 61.6 Å². The Kier molecular flexibility index (Phi) is 6.61. The SMILES string of the molecule is COC(=O)COc1c(Br)cc(/C=C2/NC(=O)N(c3cccc(Cl)c3)C2=O)cc1Br. The van der Waals surface area contributed by atoms with Crippen LogP contribution in [0.5, 0.6) is 5.75 Å². The molecule has 0 atom stereocenters. The smallest absolute Gasteiger partial charge is 0.343 e. The molecule has 10 heteroatoms. The zero-order valence-corrected chi connectivity index (χ0v) is 18.8. The summed E-state index contributed by atoms with van der Waals surface area (Å²) in [5.41, 5.74) is 1.10. The molecule has 1 N–H and O–H groups in total. The first-order valence-electron chi connectivity index (χ1n) is 8.11. The van der Waals surface area contributed by atoms with Crippen molar-refractivity contribution in [2.75, 3.05) is 18.6 Å². The molecule has 1 saturated heterocycles. The lowest BCUT2D eigenvalue weighted by Gasteiger charge is -2.12. The molecule has 29 heavy (non-hydrogen) atoms. The fourth-order valence-electron chi connectivity index (χ4n) is 2.54. The van der Waals surface area contributed by atoms with E-state index in [9.17, 15) is 14.4 Å². The van der Waals surface area contributed by atoms with E-state index in [1.165, 1.54) is 19.3 Å². The van der Waals surface area contributed by atoms with Crippen LogP contribution >= 0.6 is 43.5 Å². The molecule has 0 unspecified atom stereocenters. The quantitative estimate of drug-likeness (QED) is 0.340. The monoisotopic (exact) mass is 542 g/mol. The third kappa shape index (κ3) is 4.80. The van der Waals surface area contributed by atoms with Crippen LogP contribution in [0.25, 0.3) is 6.08 Å². The van der Waals surface area contributed by atoms with E-state index in [0.29, 0.717) is 31.0 Å². The molecule has 0 aromatic heterocycles. The average Bonchev–Trinajstić information content (AvgIpc) is 2.94. The van der Waals surface area contributed by atoms with Gasteiger partial charge in [-0.15, -0.1) is 0 Å². The summed E-state index contributed by atoms with van der Waals surface area (Å²) in [4.78, 5) is 37.3. The molecule has 7 nitrogen and oxygen atoms in total. The predicted molar refractivity (Wildman–Crippen MR) is 115 cm³/mol. The van der Waals surface area contributed by atoms with Crippen molar-refractivity contribution >= 4 is 73.1 Å². The number of carbonyl (C=O) groups excluding carboxylic acids is 3. The van der Waals surface area contributed by atoms with Crippen LogP contribution in [-0.2, 0) is 14.3 Å². The minimum absolute atomic E-state index is 0.108. The number of amides is 3. The van der Waals surface area contributed by atoms with Crippen LogP contribution in [0.15, 0.2) is 51.0 Å². The molecule has 0 radical (unpaired) electrons. The van der Waals surface area contributed by atoms with Crippen molar-refractivity contribution in [3.8, 4) is 5.75 Å². The van der Waals surface area contributed by atoms with Gasteiger partial charge in [0.2, 0.25) is 0 Å². The van der Waals surface area contributed by atoms with Crippen molar-refractivity contribution < 1.29 is 23.9 Å². The van der Waals surface area contributed by atoms with Crippen molar-refractivity contribution in [3.63, 3.8) is 0 Å². The number of nitrogens with one attached hydrogen (secondary N) is 1. The number of urea groups is 1. The fraction of sp³-hybridized carbons (Fsp3) is 0.105. The molecule has 0 saturated carbocycles. The molecule has 3 amide bonds. The Morgan fingerprint density at radius 2 is 1.90 bits per heavy atom. The molecule has 3 rings (SSSR count). The van der Waals surface area contributed by atoms with Gasteiger partial charge in [-0.2, -0.15) is 0 Å². The highest BCUT2D eigenvalue weighted by Gasteiger charge is 2.35. The van der Waals surface area contributed by atoms with E-state index in [0.717, 1.165) is 4.90 Å². The van der Waals surface area contributed by atoms with Crippen molar-refractivity contribution in [2.24, 2.45) is 0 Å². The second-order valence-electron chi connectivity index (χ2n) is 5.79. The maximum Gasteiger partial charge on any atom is 0.343 e. The van der Waals surface area contributed by atoms with Crippen molar-refractivity contribution in [1.29, 1.82) is 0 Å². The van der Waals surface area contributed by atoms with Crippen LogP contribution in [-0.4, -0.2) is 31.6 Å². The molecule has 1 aliphatic heterocycles. The summed E-state index contributed by atoms with van der Waals surface area (Å²) < 4.78 is 11.1. The summed E-state index contributed by atoms with van der Waals surface area (Å²) in [6.07, 6.45) is 1.53. The van der Waals surface area contributed by atoms with Crippen LogP contribution in [0.3, 0.4) is 0 Å². The van der Waals surface area contributed by atoms with Gasteiger partial charge in [-0.3, -0.25) is 4.79 Å². The highest BCUT2D eigenvalue weighted by atomic mass is 79.9. The van der Waals surface area contributed by atoms with Gasteiger partial charge in [0, 0.05) is 5.02 Å². The number of ether oxygens (including phenoxy) is 2. The Morgan fingerprint density at radius 3 is 2.52 bits per heavy atom. The first-order valence-corrected chi connectivity index (χ1v) is 10.1. The Bertz CT molecular complexity index is 1020. The topological polar surface area (TPSA) is 84.9 Å². The summed E-state index contributed by atoms with van der Waals surface area (Å²) in [6.45, 7) is -0.253. The van der Waals surface area contributed by atoms with Crippen LogP contribution in [0.4, 0.5) is 10.5 Å². The number of rotatable bonds is 5. The van der Waals surface area contributed by atoms with E-state index >= 15 is 0 Å². The second kappa shape index (κ2) is 8.98. The highest BCUT2D eigenvalue weighted by molar-refractivity contribution is 9.11. The Hall–Kier alpha value is -2.36. The van der Waals surface area contributed by atoms with Gasteiger partial charge in [-0.05, 0) is 73.8 Å². The molecular formula is C19H13Br2ClN2O5. The number of imide groups is 1. The molecule has 0 aliphatic carbocycles. The van der Waals surface area contributed by atoms with Gasteiger partial charge in [0.15, 0.2) is 6.61 Å². The zero-order chi connectivity index (χ0) is 21.1. The zero-order valence-electron chi connectivity index (χ0n) is 14.9. The summed E-state index contributed by atoms with van der Waals surface area (Å²) in [5, 5.41) is 2.97. The maximum absolute atomic E-state index is 12.7. The number of methoxy groups -OCH3 is 1. The highest BCUT2D eigenvalue weighted by Crippen LogP contribution is 2.36. The largest absolute Gasteiger partial charge is 0.480 e. The van der Waals surface area contributed by atoms with Crippen LogP contribution in [0, 0.1) is 0 Å². The summed E-state index contributed by atoms with van der Waals surface area (Å²) in [6, 6.07) is 9.26. The minimum atomic E-state index is -0.570. The number of carbonyl (C=O) groups is 3. The number of esters is 1. The van der Waals surface area contributed by atoms with Crippen molar-refractivity contribution in [1.82, 2.24) is 5.32 Å². The van der Waals surface area contributed by atoms with Crippen LogP contribution in [0.1, 0.15) is 5.56 Å². The molecule has 2 aromatic carbocycles. The minimum Gasteiger partial charge on any atom is -0.480 e. The van der Waals surface area contributed by atoms with E-state index in [-0.39, 0.29) is 12.3 Å². The van der Waals surface area contributed by atoms with E-state index in [1.807, 2.05) is 0 Å². The standard InChI is InChI=1S/C19H13Br2ClN2O5/c1-28-16(25)9-29-17-13(20)5-10(6-14(17)21)7-15-18(26)24(19(27)23-15)12-4-2-3-11(22)8-12/h2-8H,9H2,1H3,(H,23,27)/b15-7+. The van der Waals surface area contributed by atoms with E-state index in [4.69, 9.17) is 16.3 Å². The normalized spacial score (nSPS) is 14.9. The summed E-state index contributed by atoms with van der Waals surface area (Å²) in [7, 11) is 1.27. The molecule has 0 bridgehead atoms. The first kappa shape index (κ1) is 21.4. The van der Waals surface area contributed by atoms with Crippen molar-refractivity contribution in [2.45, 2.75) is 0 Å². The Labute approximate surface area is 187 Å². The van der Waals surface area contributed by atoms with Crippen LogP contribution < -0.4 is 15.0 Å². The molecule has 150 valence electrons. The number of halogens is 3. The summed E-state index contributed by atoms with van der Waals surface area (Å²) in [5.74, 6) is -0.620. The lowest BCUT2D eigenvalue weighted by atomic mass is 10.2. The van der Waals surface area contributed by atoms with Gasteiger partial charge in [0.1, 0.15) is 11.4 Å². The number of hydrogen-bond donors (Lipinski definition) is 1. The molecule has 1 fully saturated rings. The van der Waals surface area contributed by atoms with E-state index < -0.39 is 17.9 Å². The van der Waals surface area contributed by atoms with E-state index in [1.54, 1.807) is 30.3 Å². The number of anilines is 1. The number of hydrogen-bond acceptors (Lipinski definition) is 5. The van der Waals surface area contributed by atoms with Gasteiger partial charge < -0.3 is 14.8 Å². The number of benzene rings is 2. The van der Waals surface area contributed by atoms with Gasteiger partial charge in [-0.25, -0.2) is 14.5 Å². The Morgan fingerprint density at radius 1 is 1.21 bits per heavy atom. The van der Waals surface area contributed by atoms with E-state index in [2.05, 4.69) is 41.9 Å². The average molecular weight is 545 g/mol. The Balaban J connectivity index is 1.86. The summed E-state index contributed by atoms with van der Waals surface area (Å²) >= 11 is 12.7. The first-order chi connectivity index (χ1) is 13.8. The molecule has 1 heterocycles. The van der Waals surface area contributed by atoms with Gasteiger partial charge in [0.05, 0.1) is 21.7 Å². The third-order valence-electron chi connectivity index (χ3n) is 3.84. The number of nitrogens with zero attached hydrogens (tertiary/aromatic N) is 1. The van der Waals surface area contributed by atoms with Crippen LogP contribution in [0.2, 0.25) is 5.02 Å². The fourth-order valence-corrected chi connectivity index (χ4v) is 4.18. The molecule has 2 aromatic rings. The second-order valence-corrected chi connectivity index (χ2v) is 7.93. The maximum atomic E-state index is 12.7. The lowest BCUT2D eigenvalue weighted by Crippen LogP contribution is -2.30. The van der Waals surface area contributed by atoms with Gasteiger partial charge in [-0.1, -0.05) is 17.7 Å². The predicted octanol–water partition coefficient (Wildman–Crippen LogP) is 4.51. The molecule has 1 aliphatic rings. The molecular weight excluding hydrogens is 531 g/mol. The third-order valence-corrected chi connectivity index (χ3v) is 5.25. The van der Waals surface area contributed by atoms with Gasteiger partial charge in [0.25, 0.3) is 5.91 Å². The molecule has 0 spiro atoms. The van der Waals surface area contributed by atoms with Gasteiger partial charge >= 0.3 is 12.0 Å². The lowest BCUT2D eigenvalue weighted by molar-refractivity contribution is -0.142.